The molecule has 0 bridgehead atoms. The first kappa shape index (κ1) is 15.9. The number of oxime groups is 1. The van der Waals surface area contributed by atoms with Crippen LogP contribution < -0.4 is 0 Å². The lowest BCUT2D eigenvalue weighted by Crippen LogP contribution is -2.31. The fraction of sp³-hybridized carbons (Fsp3) is 0.600. The van der Waals surface area contributed by atoms with E-state index in [0.717, 1.165) is 0 Å². The normalized spacial score (nSPS) is 13.2. The Labute approximate surface area is 104 Å². The van der Waals surface area contributed by atoms with Crippen molar-refractivity contribution in [1.82, 2.24) is 0 Å². The molecule has 0 aromatic carbocycles. The smallest absolute Gasteiger partial charge is 0.361 e. The second-order valence-corrected chi connectivity index (χ2v) is 14.4. The van der Waals surface area contributed by atoms with Crippen molar-refractivity contribution in [3.05, 3.63) is 12.3 Å². The lowest BCUT2D eigenvalue weighted by Gasteiger charge is -2.21. The minimum Gasteiger partial charge on any atom is -0.543 e. The van der Waals surface area contributed by atoms with Crippen LogP contribution >= 0.6 is 0 Å². The number of aliphatic carboxylic acids is 1. The molecule has 0 aromatic heterocycles. The van der Waals surface area contributed by atoms with Gasteiger partial charge in [0.05, 0.1) is 0 Å². The zero-order chi connectivity index (χ0) is 13.9. The molecule has 0 fully saturated rings. The topological polar surface area (TPSA) is 68.1 Å². The van der Waals surface area contributed by atoms with Gasteiger partial charge in [0.25, 0.3) is 8.32 Å². The third-order valence-corrected chi connectivity index (χ3v) is 2.80. The minimum absolute atomic E-state index is 0.0647. The van der Waals surface area contributed by atoms with Crippen LogP contribution in [0.1, 0.15) is 0 Å². The summed E-state index contributed by atoms with van der Waals surface area (Å²) in [5.74, 6) is -1.12. The van der Waals surface area contributed by atoms with Gasteiger partial charge < -0.3 is 14.1 Å². The van der Waals surface area contributed by atoms with Crippen molar-refractivity contribution in [2.75, 3.05) is 0 Å². The van der Waals surface area contributed by atoms with E-state index in [1.165, 1.54) is 0 Å². The summed E-state index contributed by atoms with van der Waals surface area (Å²) < 4.78 is 10.7. The molecular weight excluding hydrogens is 254 g/mol. The predicted molar refractivity (Wildman–Crippen MR) is 73.1 cm³/mol. The zero-order valence-electron chi connectivity index (χ0n) is 11.3. The van der Waals surface area contributed by atoms with Gasteiger partial charge >= 0.3 is 5.97 Å². The van der Waals surface area contributed by atoms with E-state index in [-0.39, 0.29) is 11.5 Å². The summed E-state index contributed by atoms with van der Waals surface area (Å²) in [6.07, 6.45) is 0. The highest BCUT2D eigenvalue weighted by molar-refractivity contribution is 6.71. The van der Waals surface area contributed by atoms with Gasteiger partial charge in [0, 0.05) is 0 Å². The van der Waals surface area contributed by atoms with Crippen LogP contribution in [-0.4, -0.2) is 33.4 Å². The molecule has 5 nitrogen and oxygen atoms in total. The fourth-order valence-electron chi connectivity index (χ4n) is 0.810. The Kier molecular flexibility index (Phi) is 5.15. The zero-order valence-corrected chi connectivity index (χ0v) is 13.3. The first-order chi connectivity index (χ1) is 7.42. The summed E-state index contributed by atoms with van der Waals surface area (Å²) in [4.78, 5) is 11.0. The number of hydrogen-bond donors (Lipinski definition) is 1. The Balaban J connectivity index is 4.88. The van der Waals surface area contributed by atoms with Crippen LogP contribution in [0.5, 0.6) is 0 Å². The molecule has 0 saturated heterocycles. The predicted octanol–water partition coefficient (Wildman–Crippen LogP) is 2.64. The fourth-order valence-corrected chi connectivity index (χ4v) is 2.01. The van der Waals surface area contributed by atoms with Crippen LogP contribution in [0, 0.1) is 0 Å². The van der Waals surface area contributed by atoms with Gasteiger partial charge in [0.2, 0.25) is 14.0 Å². The number of carbonyl (C=O) groups is 1. The second kappa shape index (κ2) is 5.50. The van der Waals surface area contributed by atoms with Gasteiger partial charge in [-0.25, -0.2) is 4.79 Å². The Hall–Kier alpha value is -1.09. The first-order valence-corrected chi connectivity index (χ1v) is 12.1. The van der Waals surface area contributed by atoms with Gasteiger partial charge in [0.1, 0.15) is 5.76 Å². The van der Waals surface area contributed by atoms with Crippen LogP contribution in [0.25, 0.3) is 0 Å². The van der Waals surface area contributed by atoms with Crippen molar-refractivity contribution < 1.29 is 18.9 Å². The molecule has 0 saturated carbocycles. The van der Waals surface area contributed by atoms with Crippen molar-refractivity contribution in [2.24, 2.45) is 5.16 Å². The Bertz CT molecular complexity index is 339. The third kappa shape index (κ3) is 7.75. The van der Waals surface area contributed by atoms with Gasteiger partial charge in [-0.1, -0.05) is 11.7 Å². The molecule has 0 aromatic rings. The van der Waals surface area contributed by atoms with E-state index in [4.69, 9.17) is 14.1 Å². The second-order valence-electron chi connectivity index (χ2n) is 5.59. The van der Waals surface area contributed by atoms with E-state index in [0.29, 0.717) is 0 Å². The molecule has 17 heavy (non-hydrogen) atoms. The van der Waals surface area contributed by atoms with Crippen molar-refractivity contribution in [2.45, 2.75) is 39.3 Å². The average Bonchev–Trinajstić information content (AvgIpc) is 1.96. The van der Waals surface area contributed by atoms with E-state index >= 15 is 0 Å². The molecule has 0 aliphatic rings. The summed E-state index contributed by atoms with van der Waals surface area (Å²) in [6.45, 7) is 15.2. The van der Waals surface area contributed by atoms with Gasteiger partial charge in [-0.2, -0.15) is 0 Å². The third-order valence-electron chi connectivity index (χ3n) is 1.31. The van der Waals surface area contributed by atoms with Gasteiger partial charge in [0.15, 0.2) is 0 Å². The lowest BCUT2D eigenvalue weighted by atomic mass is 10.3. The molecule has 0 aliphatic carbocycles. The Morgan fingerprint density at radius 2 is 1.59 bits per heavy atom. The lowest BCUT2D eigenvalue weighted by molar-refractivity contribution is -0.129. The number of hydrogen-bond acceptors (Lipinski definition) is 4. The summed E-state index contributed by atoms with van der Waals surface area (Å²) in [5, 5.41) is 12.7. The number of nitrogens with zero attached hydrogens (tertiary/aromatic N) is 1. The first-order valence-electron chi connectivity index (χ1n) is 5.30. The highest BCUT2D eigenvalue weighted by atomic mass is 28.4. The van der Waals surface area contributed by atoms with Crippen LogP contribution in [0.4, 0.5) is 0 Å². The molecule has 7 heteroatoms. The molecule has 0 rings (SSSR count). The van der Waals surface area contributed by atoms with E-state index in [1.807, 2.05) is 39.3 Å². The standard InChI is InChI=1S/C10H21NO4Si2/c1-8(14-16(2,3)4)9(10(12)13)11-15-17(5,6)7/h1H2,2-7H3,(H,12,13). The largest absolute Gasteiger partial charge is 0.543 e. The molecule has 0 radical (unpaired) electrons. The van der Waals surface area contributed by atoms with Crippen molar-refractivity contribution in [1.29, 1.82) is 0 Å². The molecule has 98 valence electrons. The monoisotopic (exact) mass is 275 g/mol. The molecule has 0 unspecified atom stereocenters. The van der Waals surface area contributed by atoms with E-state index in [1.54, 1.807) is 0 Å². The summed E-state index contributed by atoms with van der Waals surface area (Å²) in [5.41, 5.74) is -0.255. The van der Waals surface area contributed by atoms with Crippen molar-refractivity contribution in [3.63, 3.8) is 0 Å². The highest BCUT2D eigenvalue weighted by Crippen LogP contribution is 2.12. The van der Waals surface area contributed by atoms with Gasteiger partial charge in [-0.05, 0) is 39.3 Å². The van der Waals surface area contributed by atoms with Crippen LogP contribution in [0.3, 0.4) is 0 Å². The Morgan fingerprint density at radius 3 is 1.88 bits per heavy atom. The van der Waals surface area contributed by atoms with Crippen molar-refractivity contribution in [3.8, 4) is 0 Å². The molecular formula is C10H21NO4Si2. The number of rotatable bonds is 6. The maximum absolute atomic E-state index is 11.0. The highest BCUT2D eigenvalue weighted by Gasteiger charge is 2.25. The average molecular weight is 275 g/mol. The minimum atomic E-state index is -1.91. The van der Waals surface area contributed by atoms with E-state index < -0.39 is 22.6 Å². The molecule has 1 N–H and O–H groups in total. The molecule has 0 amide bonds. The van der Waals surface area contributed by atoms with Gasteiger partial charge in [-0.15, -0.1) is 0 Å². The van der Waals surface area contributed by atoms with Crippen LogP contribution in [0.15, 0.2) is 17.5 Å². The molecule has 0 aliphatic heterocycles. The maximum atomic E-state index is 11.0. The summed E-state index contributed by atoms with van der Waals surface area (Å²) in [7, 11) is -3.80. The van der Waals surface area contributed by atoms with E-state index in [2.05, 4.69) is 11.7 Å². The van der Waals surface area contributed by atoms with E-state index in [9.17, 15) is 4.79 Å². The quantitative estimate of drug-likeness (QED) is 0.350. The summed E-state index contributed by atoms with van der Waals surface area (Å²) in [6, 6.07) is 0. The van der Waals surface area contributed by atoms with Crippen LogP contribution in [0.2, 0.25) is 39.3 Å². The van der Waals surface area contributed by atoms with Crippen LogP contribution in [-0.2, 0) is 13.7 Å². The molecule has 0 spiro atoms. The van der Waals surface area contributed by atoms with Gasteiger partial charge in [-0.3, -0.25) is 0 Å². The SMILES string of the molecule is C=C(O[Si](C)(C)C)C(=NO[Si](C)(C)C)C(=O)O. The number of carboxylic acids is 1. The molecule has 0 heterocycles. The molecule has 0 atom stereocenters. The summed E-state index contributed by atoms with van der Waals surface area (Å²) >= 11 is 0. The Morgan fingerprint density at radius 1 is 1.12 bits per heavy atom. The maximum Gasteiger partial charge on any atom is 0.361 e. The van der Waals surface area contributed by atoms with Crippen molar-refractivity contribution >= 4 is 28.3 Å². The number of carboxylic acid groups (broad SMARTS) is 1.